The summed E-state index contributed by atoms with van der Waals surface area (Å²) in [5.74, 6) is 0.0897. The van der Waals surface area contributed by atoms with E-state index in [-0.39, 0.29) is 18.5 Å². The lowest BCUT2D eigenvalue weighted by molar-refractivity contribution is 0.255. The highest BCUT2D eigenvalue weighted by atomic mass is 79.9. The molecule has 0 aromatic heterocycles. The largest absolute Gasteiger partial charge is 0.409 e. The quantitative estimate of drug-likeness (QED) is 0.341. The Kier molecular flexibility index (Phi) is 5.25. The van der Waals surface area contributed by atoms with Crippen molar-refractivity contribution in [2.24, 2.45) is 10.9 Å². The number of hydrogen-bond acceptors (Lipinski definition) is 4. The monoisotopic (exact) mass is 341 g/mol. The summed E-state index contributed by atoms with van der Waals surface area (Å²) in [5, 5.41) is 21.3. The molecule has 0 aliphatic carbocycles. The van der Waals surface area contributed by atoms with Gasteiger partial charge in [-0.2, -0.15) is 0 Å². The summed E-state index contributed by atoms with van der Waals surface area (Å²) in [6.07, 6.45) is 4.49. The molecule has 1 saturated heterocycles. The minimum Gasteiger partial charge on any atom is -0.409 e. The third-order valence-electron chi connectivity index (χ3n) is 3.75. The van der Waals surface area contributed by atoms with Crippen LogP contribution in [-0.2, 0) is 0 Å². The van der Waals surface area contributed by atoms with E-state index in [2.05, 4.69) is 26.0 Å². The summed E-state index contributed by atoms with van der Waals surface area (Å²) in [6.45, 7) is 1.10. The fraction of sp³-hybridized carbons (Fsp3) is 0.500. The Morgan fingerprint density at radius 3 is 2.85 bits per heavy atom. The van der Waals surface area contributed by atoms with Crippen molar-refractivity contribution in [1.29, 1.82) is 0 Å². The molecule has 20 heavy (non-hydrogen) atoms. The number of oxime groups is 1. The van der Waals surface area contributed by atoms with Gasteiger partial charge in [-0.1, -0.05) is 18.0 Å². The van der Waals surface area contributed by atoms with E-state index in [4.69, 9.17) is 10.9 Å². The molecule has 1 heterocycles. The maximum atomic E-state index is 9.59. The minimum atomic E-state index is 0.0897. The summed E-state index contributed by atoms with van der Waals surface area (Å²) in [7, 11) is 0. The van der Waals surface area contributed by atoms with Gasteiger partial charge in [0.1, 0.15) is 0 Å². The van der Waals surface area contributed by atoms with Crippen LogP contribution in [0, 0.1) is 0 Å². The fourth-order valence-corrected chi connectivity index (χ4v) is 3.25. The second kappa shape index (κ2) is 6.95. The SMILES string of the molecule is N/C(=N/O)c1ccc(N2CCCCCC2CO)c(Br)c1. The van der Waals surface area contributed by atoms with E-state index in [9.17, 15) is 5.11 Å². The average molecular weight is 342 g/mol. The lowest BCUT2D eigenvalue weighted by atomic mass is 10.1. The van der Waals surface area contributed by atoms with Crippen LogP contribution in [0.1, 0.15) is 31.2 Å². The smallest absolute Gasteiger partial charge is 0.170 e. The molecule has 1 fully saturated rings. The fourth-order valence-electron chi connectivity index (χ4n) is 2.64. The highest BCUT2D eigenvalue weighted by Crippen LogP contribution is 2.31. The zero-order valence-corrected chi connectivity index (χ0v) is 12.9. The summed E-state index contributed by atoms with van der Waals surface area (Å²) in [4.78, 5) is 2.24. The molecule has 1 aromatic carbocycles. The molecular formula is C14H20BrN3O2. The third-order valence-corrected chi connectivity index (χ3v) is 4.38. The first kappa shape index (κ1) is 15.1. The van der Waals surface area contributed by atoms with Crippen molar-refractivity contribution in [2.75, 3.05) is 18.1 Å². The van der Waals surface area contributed by atoms with Crippen LogP contribution in [-0.4, -0.2) is 35.3 Å². The number of aliphatic hydroxyl groups is 1. The molecule has 1 aliphatic rings. The number of nitrogens with two attached hydrogens (primary N) is 1. The van der Waals surface area contributed by atoms with E-state index < -0.39 is 0 Å². The van der Waals surface area contributed by atoms with Gasteiger partial charge in [-0.25, -0.2) is 0 Å². The van der Waals surface area contributed by atoms with Gasteiger partial charge in [0.15, 0.2) is 5.84 Å². The van der Waals surface area contributed by atoms with E-state index in [0.29, 0.717) is 5.56 Å². The zero-order valence-electron chi connectivity index (χ0n) is 11.3. The molecule has 6 heteroatoms. The van der Waals surface area contributed by atoms with Crippen LogP contribution in [0.5, 0.6) is 0 Å². The van der Waals surface area contributed by atoms with Crippen LogP contribution in [0.25, 0.3) is 0 Å². The molecule has 5 nitrogen and oxygen atoms in total. The highest BCUT2D eigenvalue weighted by Gasteiger charge is 2.22. The predicted octanol–water partition coefficient (Wildman–Crippen LogP) is 2.28. The van der Waals surface area contributed by atoms with Crippen LogP contribution in [0.2, 0.25) is 0 Å². The van der Waals surface area contributed by atoms with Gasteiger partial charge < -0.3 is 20.9 Å². The topological polar surface area (TPSA) is 82.1 Å². The Balaban J connectivity index is 2.31. The number of aliphatic hydroxyl groups excluding tert-OH is 1. The second-order valence-electron chi connectivity index (χ2n) is 5.03. The van der Waals surface area contributed by atoms with Crippen molar-refractivity contribution < 1.29 is 10.3 Å². The van der Waals surface area contributed by atoms with E-state index in [1.54, 1.807) is 0 Å². The Morgan fingerprint density at radius 2 is 2.20 bits per heavy atom. The van der Waals surface area contributed by atoms with Crippen LogP contribution in [0.15, 0.2) is 27.8 Å². The van der Waals surface area contributed by atoms with Crippen molar-refractivity contribution in [1.82, 2.24) is 0 Å². The van der Waals surface area contributed by atoms with Crippen LogP contribution in [0.4, 0.5) is 5.69 Å². The van der Waals surface area contributed by atoms with Gasteiger partial charge in [0.2, 0.25) is 0 Å². The summed E-state index contributed by atoms with van der Waals surface area (Å²) >= 11 is 3.55. The second-order valence-corrected chi connectivity index (χ2v) is 5.88. The number of rotatable bonds is 3. The number of benzene rings is 1. The van der Waals surface area contributed by atoms with Crippen molar-refractivity contribution in [3.05, 3.63) is 28.2 Å². The molecule has 4 N–H and O–H groups in total. The summed E-state index contributed by atoms with van der Waals surface area (Å²) in [5.41, 5.74) is 7.30. The van der Waals surface area contributed by atoms with Gasteiger partial charge in [0, 0.05) is 16.6 Å². The maximum Gasteiger partial charge on any atom is 0.170 e. The first-order valence-corrected chi connectivity index (χ1v) is 7.61. The van der Waals surface area contributed by atoms with Crippen molar-refractivity contribution >= 4 is 27.5 Å². The van der Waals surface area contributed by atoms with Gasteiger partial charge in [-0.3, -0.25) is 0 Å². The molecule has 0 bridgehead atoms. The molecule has 0 amide bonds. The Hall–Kier alpha value is -1.27. The molecule has 1 unspecified atom stereocenters. The number of halogens is 1. The average Bonchev–Trinajstić information content (AvgIpc) is 2.71. The number of anilines is 1. The van der Waals surface area contributed by atoms with E-state index in [0.717, 1.165) is 36.0 Å². The van der Waals surface area contributed by atoms with Crippen LogP contribution >= 0.6 is 15.9 Å². The standard InChI is InChI=1S/C14H20BrN3O2/c15-12-8-10(14(16)17-20)5-6-13(12)18-7-3-1-2-4-11(18)9-19/h5-6,8,11,19-20H,1-4,7,9H2,(H2,16,17). The number of amidine groups is 1. The molecule has 0 radical (unpaired) electrons. The Morgan fingerprint density at radius 1 is 1.40 bits per heavy atom. The first-order valence-electron chi connectivity index (χ1n) is 6.82. The molecule has 2 rings (SSSR count). The van der Waals surface area contributed by atoms with Gasteiger partial charge >= 0.3 is 0 Å². The normalized spacial score (nSPS) is 20.8. The molecular weight excluding hydrogens is 322 g/mol. The lowest BCUT2D eigenvalue weighted by Crippen LogP contribution is -2.37. The van der Waals surface area contributed by atoms with Crippen LogP contribution in [0.3, 0.4) is 0 Å². The molecule has 1 aromatic rings. The van der Waals surface area contributed by atoms with Gasteiger partial charge in [0.05, 0.1) is 18.3 Å². The van der Waals surface area contributed by atoms with Crippen molar-refractivity contribution in [2.45, 2.75) is 31.7 Å². The number of nitrogens with zero attached hydrogens (tertiary/aromatic N) is 2. The third kappa shape index (κ3) is 3.24. The maximum absolute atomic E-state index is 9.59. The first-order chi connectivity index (χ1) is 9.67. The van der Waals surface area contributed by atoms with Crippen LogP contribution < -0.4 is 10.6 Å². The van der Waals surface area contributed by atoms with Gasteiger partial charge in [0.25, 0.3) is 0 Å². The summed E-state index contributed by atoms with van der Waals surface area (Å²) < 4.78 is 0.891. The molecule has 0 saturated carbocycles. The molecule has 0 spiro atoms. The van der Waals surface area contributed by atoms with Crippen molar-refractivity contribution in [3.8, 4) is 0 Å². The van der Waals surface area contributed by atoms with E-state index in [1.807, 2.05) is 18.2 Å². The number of hydrogen-bond donors (Lipinski definition) is 3. The molecule has 1 atom stereocenters. The predicted molar refractivity (Wildman–Crippen MR) is 83.3 cm³/mol. The summed E-state index contributed by atoms with van der Waals surface area (Å²) in [6, 6.07) is 5.77. The van der Waals surface area contributed by atoms with E-state index >= 15 is 0 Å². The zero-order chi connectivity index (χ0) is 14.5. The molecule has 1 aliphatic heterocycles. The Labute approximate surface area is 127 Å². The Bertz CT molecular complexity index is 493. The van der Waals surface area contributed by atoms with Crippen molar-refractivity contribution in [3.63, 3.8) is 0 Å². The molecule has 110 valence electrons. The van der Waals surface area contributed by atoms with Gasteiger partial charge in [-0.05, 0) is 47.0 Å². The lowest BCUT2D eigenvalue weighted by Gasteiger charge is -2.31. The minimum absolute atomic E-state index is 0.0897. The van der Waals surface area contributed by atoms with Gasteiger partial charge in [-0.15, -0.1) is 0 Å². The highest BCUT2D eigenvalue weighted by molar-refractivity contribution is 9.10. The van der Waals surface area contributed by atoms with E-state index in [1.165, 1.54) is 6.42 Å².